The molecule has 0 N–H and O–H groups in total. The van der Waals surface area contributed by atoms with Crippen LogP contribution >= 0.6 is 11.8 Å². The van der Waals surface area contributed by atoms with Crippen LogP contribution in [-0.2, 0) is 53.1 Å². The van der Waals surface area contributed by atoms with E-state index >= 15 is 0 Å². The molecule has 14 aromatic rings. The quantitative estimate of drug-likeness (QED) is 0.0596. The second kappa shape index (κ2) is 37.1. The van der Waals surface area contributed by atoms with E-state index in [0.29, 0.717) is 5.75 Å². The van der Waals surface area contributed by atoms with Gasteiger partial charge in [0.25, 0.3) is 0 Å². The summed E-state index contributed by atoms with van der Waals surface area (Å²) in [5, 5.41) is 0. The van der Waals surface area contributed by atoms with Crippen LogP contribution in [0.2, 0.25) is 0 Å². The van der Waals surface area contributed by atoms with Crippen molar-refractivity contribution in [2.45, 2.75) is 94.9 Å². The van der Waals surface area contributed by atoms with Crippen molar-refractivity contribution in [1.29, 1.82) is 0 Å². The van der Waals surface area contributed by atoms with Crippen LogP contribution in [0.15, 0.2) is 469 Å². The highest BCUT2D eigenvalue weighted by atomic mass is 32.2. The van der Waals surface area contributed by atoms with Gasteiger partial charge in [0.05, 0.1) is 43.6 Å². The van der Waals surface area contributed by atoms with Crippen molar-refractivity contribution in [2.75, 3.05) is 6.61 Å². The zero-order valence-electron chi connectivity index (χ0n) is 55.9. The summed E-state index contributed by atoms with van der Waals surface area (Å²) in [5.41, 5.74) is -0.510. The van der Waals surface area contributed by atoms with E-state index in [1.54, 1.807) is 11.8 Å². The van der Waals surface area contributed by atoms with E-state index in [4.69, 9.17) is 14.2 Å². The van der Waals surface area contributed by atoms with Gasteiger partial charge in [-0.1, -0.05) is 194 Å². The average Bonchev–Trinajstić information content (AvgIpc) is 0.838. The van der Waals surface area contributed by atoms with Crippen LogP contribution in [0.25, 0.3) is 0 Å². The third kappa shape index (κ3) is 21.4. The standard InChI is InChI=1S/C24H25O3S.C24H19OS.C24H19S2.C18H14FS/c1-24(2,3)27-23(25)18-26-19-14-16-22(17-15-19)28(20-10-6-4-7-11-20)21-12-8-5-9-13-21;2*1-4-10-20(11-5-1)25-21-16-18-24(19-17-21)26(22-12-6-2-7-13-22)23-14-8-3-9-15-23;19-15-11-13-18(14-12-15)20(16-7-3-1-4-8-16)17-9-5-2-6-10-17/h4-17H,18H2,1-3H3;2*1-19H;1-14H/q4*+1. The summed E-state index contributed by atoms with van der Waals surface area (Å²) in [6.45, 7) is 5.43. The molecule has 0 bridgehead atoms. The lowest BCUT2D eigenvalue weighted by Crippen LogP contribution is -2.27. The molecule has 0 aliphatic carbocycles. The van der Waals surface area contributed by atoms with Gasteiger partial charge in [0.1, 0.15) is 28.7 Å². The van der Waals surface area contributed by atoms with Crippen LogP contribution in [0.4, 0.5) is 4.39 Å². The van der Waals surface area contributed by atoms with Gasteiger partial charge in [0.15, 0.2) is 65.4 Å². The van der Waals surface area contributed by atoms with Crippen LogP contribution < -0.4 is 9.47 Å². The summed E-state index contributed by atoms with van der Waals surface area (Å²) in [6, 6.07) is 137. The van der Waals surface area contributed by atoms with E-state index in [9.17, 15) is 9.18 Å². The Morgan fingerprint density at radius 3 is 0.790 bits per heavy atom. The zero-order valence-corrected chi connectivity index (χ0v) is 59.9. The summed E-state index contributed by atoms with van der Waals surface area (Å²) < 4.78 is 29.9. The summed E-state index contributed by atoms with van der Waals surface area (Å²) in [6.07, 6.45) is 0. The predicted octanol–water partition coefficient (Wildman–Crippen LogP) is 23.9. The highest BCUT2D eigenvalue weighted by molar-refractivity contribution is 7.99. The Morgan fingerprint density at radius 1 is 0.280 bits per heavy atom. The van der Waals surface area contributed by atoms with Gasteiger partial charge in [-0.3, -0.25) is 0 Å². The Labute approximate surface area is 605 Å². The highest BCUT2D eigenvalue weighted by Crippen LogP contribution is 2.37. The summed E-state index contributed by atoms with van der Waals surface area (Å²) in [4.78, 5) is 29.7. The number of carbonyl (C=O) groups excluding carboxylic acids is 1. The molecule has 100 heavy (non-hydrogen) atoms. The Morgan fingerprint density at radius 2 is 0.500 bits per heavy atom. The minimum atomic E-state index is -0.510. The minimum Gasteiger partial charge on any atom is -0.482 e. The molecule has 14 aromatic carbocycles. The van der Waals surface area contributed by atoms with Crippen molar-refractivity contribution in [1.82, 2.24) is 0 Å². The third-order valence-corrected chi connectivity index (χ3v) is 24.7. The lowest BCUT2D eigenvalue weighted by Gasteiger charge is -2.19. The topological polar surface area (TPSA) is 44.8 Å². The number of halogens is 1. The van der Waals surface area contributed by atoms with Crippen molar-refractivity contribution in [3.8, 4) is 17.2 Å². The van der Waals surface area contributed by atoms with E-state index in [2.05, 4.69) is 273 Å². The van der Waals surface area contributed by atoms with Crippen LogP contribution in [0, 0.1) is 5.82 Å². The highest BCUT2D eigenvalue weighted by Gasteiger charge is 2.32. The molecular weight excluding hydrogens is 1320 g/mol. The molecule has 494 valence electrons. The van der Waals surface area contributed by atoms with Crippen LogP contribution in [-0.4, -0.2) is 18.2 Å². The molecule has 0 amide bonds. The number of para-hydroxylation sites is 1. The van der Waals surface area contributed by atoms with Crippen molar-refractivity contribution in [3.05, 3.63) is 406 Å². The van der Waals surface area contributed by atoms with Crippen molar-refractivity contribution < 1.29 is 23.4 Å². The average molecular weight is 1400 g/mol. The van der Waals surface area contributed by atoms with Crippen molar-refractivity contribution in [3.63, 3.8) is 0 Å². The molecule has 4 nitrogen and oxygen atoms in total. The minimum absolute atomic E-state index is 0.0786. The molecule has 14 rings (SSSR count). The predicted molar refractivity (Wildman–Crippen MR) is 414 cm³/mol. The molecule has 0 aliphatic heterocycles. The maximum atomic E-state index is 13.2. The lowest BCUT2D eigenvalue weighted by atomic mass is 10.2. The van der Waals surface area contributed by atoms with Gasteiger partial charge in [-0.15, -0.1) is 0 Å². The first kappa shape index (κ1) is 71.1. The first-order chi connectivity index (χ1) is 49.1. The number of hydrogen-bond donors (Lipinski definition) is 0. The molecule has 0 aliphatic rings. The molecule has 0 unspecified atom stereocenters. The number of carbonyl (C=O) groups is 1. The fourth-order valence-electron chi connectivity index (χ4n) is 10.4. The summed E-state index contributed by atoms with van der Waals surface area (Å²) >= 11 is 1.80. The summed E-state index contributed by atoms with van der Waals surface area (Å²) in [5.74, 6) is 1.79. The van der Waals surface area contributed by atoms with E-state index in [-0.39, 0.29) is 62.0 Å². The Hall–Kier alpha value is -10.2. The second-order valence-corrected chi connectivity index (χ2v) is 32.6. The van der Waals surface area contributed by atoms with Gasteiger partial charge in [0.2, 0.25) is 0 Å². The Bertz CT molecular complexity index is 4310. The molecule has 0 aromatic heterocycles. The number of esters is 1. The number of ether oxygens (including phenoxy) is 3. The molecule has 0 radical (unpaired) electrons. The van der Waals surface area contributed by atoms with Crippen molar-refractivity contribution in [2.24, 2.45) is 0 Å². The van der Waals surface area contributed by atoms with E-state index in [1.807, 2.05) is 136 Å². The van der Waals surface area contributed by atoms with Crippen LogP contribution in [0.1, 0.15) is 20.8 Å². The van der Waals surface area contributed by atoms with Crippen LogP contribution in [0.3, 0.4) is 0 Å². The van der Waals surface area contributed by atoms with Crippen molar-refractivity contribution >= 4 is 61.3 Å². The SMILES string of the molecule is CC(C)(C)OC(=O)COc1ccc([S+](c2ccccc2)c2ccccc2)cc1.Fc1ccc([S+](c2ccccc2)c2ccccc2)cc1.c1ccc(Oc2ccc([S+](c3ccccc3)c3ccccc3)cc2)cc1.c1ccc(Sc2ccc([S+](c3ccccc3)c3ccccc3)cc2)cc1. The fraction of sp³-hybridized carbons (Fsp3) is 0.0556. The van der Waals surface area contributed by atoms with E-state index in [1.165, 1.54) is 75.8 Å². The van der Waals surface area contributed by atoms with Gasteiger partial charge in [-0.2, -0.15) is 0 Å². The Kier molecular flexibility index (Phi) is 26.4. The molecule has 10 heteroatoms. The molecule has 0 saturated carbocycles. The molecular formula is C90H77FO4S5+4. The largest absolute Gasteiger partial charge is 0.482 e. The molecule has 0 atom stereocenters. The van der Waals surface area contributed by atoms with Gasteiger partial charge in [-0.05, 0) is 239 Å². The number of hydrogen-bond acceptors (Lipinski definition) is 5. The maximum Gasteiger partial charge on any atom is 0.344 e. The van der Waals surface area contributed by atoms with Gasteiger partial charge >= 0.3 is 5.97 Å². The molecule has 0 saturated heterocycles. The van der Waals surface area contributed by atoms with Gasteiger partial charge in [-0.25, -0.2) is 9.18 Å². The number of benzene rings is 14. The number of rotatable bonds is 19. The van der Waals surface area contributed by atoms with Crippen LogP contribution in [0.5, 0.6) is 17.2 Å². The Balaban J connectivity index is 0.000000135. The molecule has 0 heterocycles. The monoisotopic (exact) mass is 1400 g/mol. The zero-order chi connectivity index (χ0) is 69.0. The molecule has 0 fully saturated rings. The normalized spacial score (nSPS) is 10.9. The molecule has 0 spiro atoms. The fourth-order valence-corrected chi connectivity index (χ4v) is 19.5. The third-order valence-electron chi connectivity index (χ3n) is 14.8. The maximum absolute atomic E-state index is 13.2. The van der Waals surface area contributed by atoms with Gasteiger partial charge < -0.3 is 14.2 Å². The lowest BCUT2D eigenvalue weighted by molar-refractivity contribution is -0.157. The van der Waals surface area contributed by atoms with E-state index < -0.39 is 5.60 Å². The smallest absolute Gasteiger partial charge is 0.344 e. The first-order valence-electron chi connectivity index (χ1n) is 32.8. The first-order valence-corrected chi connectivity index (χ1v) is 38.5. The summed E-state index contributed by atoms with van der Waals surface area (Å²) in [7, 11) is -0.589. The van der Waals surface area contributed by atoms with E-state index in [0.717, 1.165) is 16.4 Å². The second-order valence-electron chi connectivity index (χ2n) is 23.3. The van der Waals surface area contributed by atoms with Gasteiger partial charge in [0, 0.05) is 9.79 Å².